The summed E-state index contributed by atoms with van der Waals surface area (Å²) in [6, 6.07) is -0.00767. The molecule has 5 nitrogen and oxygen atoms in total. The molecule has 2 heterocycles. The van der Waals surface area contributed by atoms with Crippen molar-refractivity contribution in [3.05, 3.63) is 29.4 Å². The van der Waals surface area contributed by atoms with Gasteiger partial charge in [0.25, 0.3) is 5.22 Å². The Morgan fingerprint density at radius 2 is 2.17 bits per heavy atom. The second-order valence-corrected chi connectivity index (χ2v) is 5.56. The normalized spacial score (nSPS) is 14.7. The highest BCUT2D eigenvalue weighted by Crippen LogP contribution is 2.37. The van der Waals surface area contributed by atoms with Crippen molar-refractivity contribution in [3.8, 4) is 0 Å². The maximum atomic E-state index is 6.04. The number of nitrogens with two attached hydrogens (primary N) is 1. The van der Waals surface area contributed by atoms with Crippen LogP contribution in [0.1, 0.15) is 29.2 Å². The van der Waals surface area contributed by atoms with Gasteiger partial charge in [-0.2, -0.15) is 5.10 Å². The smallest absolute Gasteiger partial charge is 0.256 e. The minimum atomic E-state index is -0.00767. The maximum absolute atomic E-state index is 6.04. The first-order valence-corrected chi connectivity index (χ1v) is 6.70. The topological polar surface area (TPSA) is 69.9 Å². The molecule has 0 aromatic carbocycles. The van der Waals surface area contributed by atoms with Crippen molar-refractivity contribution in [1.82, 2.24) is 14.8 Å². The van der Waals surface area contributed by atoms with Gasteiger partial charge in [-0.1, -0.05) is 11.8 Å². The highest BCUT2D eigenvalue weighted by atomic mass is 32.2. The molecule has 0 bridgehead atoms. The third kappa shape index (κ3) is 2.76. The predicted octanol–water partition coefficient (Wildman–Crippen LogP) is 2.21. The molecule has 98 valence electrons. The lowest BCUT2D eigenvalue weighted by molar-refractivity contribution is 0.429. The van der Waals surface area contributed by atoms with Crippen LogP contribution in [0.3, 0.4) is 0 Å². The minimum absolute atomic E-state index is 0.00767. The zero-order chi connectivity index (χ0) is 13.3. The second kappa shape index (κ2) is 5.16. The molecule has 2 aromatic rings. The fraction of sp³-hybridized carbons (Fsp3) is 0.500. The van der Waals surface area contributed by atoms with E-state index >= 15 is 0 Å². The van der Waals surface area contributed by atoms with Gasteiger partial charge in [0, 0.05) is 24.8 Å². The van der Waals surface area contributed by atoms with Gasteiger partial charge in [-0.25, -0.2) is 4.98 Å². The van der Waals surface area contributed by atoms with Crippen LogP contribution in [0.2, 0.25) is 0 Å². The Morgan fingerprint density at radius 1 is 1.44 bits per heavy atom. The number of rotatable bonds is 4. The van der Waals surface area contributed by atoms with Gasteiger partial charge in [0.15, 0.2) is 0 Å². The van der Waals surface area contributed by atoms with Crippen LogP contribution in [-0.4, -0.2) is 20.8 Å². The molecule has 2 unspecified atom stereocenters. The molecule has 0 radical (unpaired) electrons. The summed E-state index contributed by atoms with van der Waals surface area (Å²) in [7, 11) is 1.89. The maximum Gasteiger partial charge on any atom is 0.256 e. The summed E-state index contributed by atoms with van der Waals surface area (Å²) in [5.74, 6) is 0.854. The van der Waals surface area contributed by atoms with Crippen molar-refractivity contribution in [2.75, 3.05) is 0 Å². The van der Waals surface area contributed by atoms with Gasteiger partial charge < -0.3 is 10.2 Å². The lowest BCUT2D eigenvalue weighted by atomic mass is 10.1. The van der Waals surface area contributed by atoms with Crippen molar-refractivity contribution in [2.24, 2.45) is 12.8 Å². The van der Waals surface area contributed by atoms with Gasteiger partial charge in [0.05, 0.1) is 17.1 Å². The summed E-state index contributed by atoms with van der Waals surface area (Å²) in [5.41, 5.74) is 8.06. The third-order valence-electron chi connectivity index (χ3n) is 2.77. The van der Waals surface area contributed by atoms with Crippen molar-refractivity contribution in [1.29, 1.82) is 0 Å². The first-order valence-electron chi connectivity index (χ1n) is 5.82. The number of aromatic nitrogens is 3. The molecule has 0 saturated heterocycles. The van der Waals surface area contributed by atoms with Crippen LogP contribution in [0.5, 0.6) is 0 Å². The number of hydrogen-bond acceptors (Lipinski definition) is 5. The quantitative estimate of drug-likeness (QED) is 0.859. The Balaban J connectivity index is 2.21. The Morgan fingerprint density at radius 3 is 2.61 bits per heavy atom. The highest BCUT2D eigenvalue weighted by Gasteiger charge is 2.22. The van der Waals surface area contributed by atoms with Crippen LogP contribution in [0.25, 0.3) is 0 Å². The van der Waals surface area contributed by atoms with Crippen LogP contribution in [0.15, 0.2) is 22.0 Å². The molecule has 0 spiro atoms. The van der Waals surface area contributed by atoms with E-state index in [-0.39, 0.29) is 11.3 Å². The van der Waals surface area contributed by atoms with Gasteiger partial charge in [-0.15, -0.1) is 0 Å². The Labute approximate surface area is 111 Å². The van der Waals surface area contributed by atoms with Crippen molar-refractivity contribution in [3.63, 3.8) is 0 Å². The molecular formula is C12H18N4OS. The Hall–Kier alpha value is -1.27. The predicted molar refractivity (Wildman–Crippen MR) is 71.4 cm³/mol. The fourth-order valence-corrected chi connectivity index (χ4v) is 2.72. The summed E-state index contributed by atoms with van der Waals surface area (Å²) in [6.45, 7) is 5.83. The van der Waals surface area contributed by atoms with Crippen molar-refractivity contribution >= 4 is 11.8 Å². The highest BCUT2D eigenvalue weighted by molar-refractivity contribution is 7.99. The SMILES string of the molecule is Cc1nc(SC(c2cnn(C)c2)C(C)N)oc1C. The van der Waals surface area contributed by atoms with E-state index in [1.807, 2.05) is 40.2 Å². The number of nitrogens with zero attached hydrogens (tertiary/aromatic N) is 3. The minimum Gasteiger partial charge on any atom is -0.437 e. The molecule has 6 heteroatoms. The molecule has 2 rings (SSSR count). The molecule has 0 aliphatic rings. The van der Waals surface area contributed by atoms with Crippen LogP contribution >= 0.6 is 11.8 Å². The molecule has 2 atom stereocenters. The zero-order valence-corrected chi connectivity index (χ0v) is 11.9. The number of thioether (sulfide) groups is 1. The van der Waals surface area contributed by atoms with E-state index < -0.39 is 0 Å². The standard InChI is InChI=1S/C12H18N4OS/c1-7(13)11(10-5-14-16(4)6-10)18-12-15-8(2)9(3)17-12/h5-7,11H,13H2,1-4H3. The summed E-state index contributed by atoms with van der Waals surface area (Å²) in [4.78, 5) is 4.38. The second-order valence-electron chi connectivity index (χ2n) is 4.47. The van der Waals surface area contributed by atoms with E-state index in [9.17, 15) is 0 Å². The molecule has 0 fully saturated rings. The summed E-state index contributed by atoms with van der Waals surface area (Å²) in [6.07, 6.45) is 3.81. The van der Waals surface area contributed by atoms with E-state index in [0.717, 1.165) is 17.0 Å². The first-order chi connectivity index (χ1) is 8.47. The third-order valence-corrected chi connectivity index (χ3v) is 4.10. The van der Waals surface area contributed by atoms with E-state index in [2.05, 4.69) is 10.1 Å². The van der Waals surface area contributed by atoms with Gasteiger partial charge in [0.2, 0.25) is 0 Å². The van der Waals surface area contributed by atoms with Crippen molar-refractivity contribution < 1.29 is 4.42 Å². The number of oxazole rings is 1. The lowest BCUT2D eigenvalue weighted by Gasteiger charge is -2.16. The number of aryl methyl sites for hydroxylation is 3. The van der Waals surface area contributed by atoms with Crippen molar-refractivity contribution in [2.45, 2.75) is 37.3 Å². The fourth-order valence-electron chi connectivity index (χ4n) is 1.67. The molecule has 0 saturated carbocycles. The molecule has 0 amide bonds. The van der Waals surface area contributed by atoms with E-state index in [1.54, 1.807) is 16.4 Å². The van der Waals surface area contributed by atoms with E-state index in [4.69, 9.17) is 10.2 Å². The van der Waals surface area contributed by atoms with E-state index in [1.165, 1.54) is 0 Å². The summed E-state index contributed by atoms with van der Waals surface area (Å²) < 4.78 is 7.37. The monoisotopic (exact) mass is 266 g/mol. The van der Waals surface area contributed by atoms with Gasteiger partial charge in [-0.3, -0.25) is 4.68 Å². The molecule has 2 N–H and O–H groups in total. The summed E-state index contributed by atoms with van der Waals surface area (Å²) in [5, 5.41) is 4.94. The molecule has 0 aliphatic carbocycles. The largest absolute Gasteiger partial charge is 0.437 e. The molecule has 18 heavy (non-hydrogen) atoms. The van der Waals surface area contributed by atoms with Crippen LogP contribution in [0, 0.1) is 13.8 Å². The van der Waals surface area contributed by atoms with Gasteiger partial charge in [-0.05, 0) is 20.8 Å². The molecule has 0 aliphatic heterocycles. The Bertz CT molecular complexity index is 512. The van der Waals surface area contributed by atoms with Crippen LogP contribution in [0.4, 0.5) is 0 Å². The average Bonchev–Trinajstić information content (AvgIpc) is 2.83. The zero-order valence-electron chi connectivity index (χ0n) is 11.0. The van der Waals surface area contributed by atoms with Crippen LogP contribution in [-0.2, 0) is 7.05 Å². The lowest BCUT2D eigenvalue weighted by Crippen LogP contribution is -2.22. The Kier molecular flexibility index (Phi) is 3.77. The van der Waals surface area contributed by atoms with E-state index in [0.29, 0.717) is 5.22 Å². The molecular weight excluding hydrogens is 248 g/mol. The molecule has 2 aromatic heterocycles. The van der Waals surface area contributed by atoms with Gasteiger partial charge in [0.1, 0.15) is 5.76 Å². The number of hydrogen-bond donors (Lipinski definition) is 1. The first kappa shape index (κ1) is 13.2. The summed E-state index contributed by atoms with van der Waals surface area (Å²) >= 11 is 1.54. The van der Waals surface area contributed by atoms with Gasteiger partial charge >= 0.3 is 0 Å². The van der Waals surface area contributed by atoms with Crippen LogP contribution < -0.4 is 5.73 Å². The average molecular weight is 266 g/mol.